The summed E-state index contributed by atoms with van der Waals surface area (Å²) in [6.45, 7) is 7.33. The molecule has 0 saturated heterocycles. The SMILES string of the molecule is CC(C)(C)c1ccc(C2=NN=[N+](c3cccc(-c4nccc5ccccc45)c3)C2)cc1. The van der Waals surface area contributed by atoms with Gasteiger partial charge < -0.3 is 0 Å². The molecule has 4 aromatic rings. The zero-order valence-corrected chi connectivity index (χ0v) is 18.1. The summed E-state index contributed by atoms with van der Waals surface area (Å²) in [5, 5.41) is 11.2. The van der Waals surface area contributed by atoms with Crippen LogP contribution in [0.1, 0.15) is 31.9 Å². The fourth-order valence-corrected chi connectivity index (χ4v) is 3.93. The van der Waals surface area contributed by atoms with E-state index < -0.39 is 0 Å². The van der Waals surface area contributed by atoms with Crippen LogP contribution in [0, 0.1) is 0 Å². The molecule has 4 nitrogen and oxygen atoms in total. The van der Waals surface area contributed by atoms with Crippen LogP contribution < -0.4 is 0 Å². The number of rotatable bonds is 3. The van der Waals surface area contributed by atoms with Crippen molar-refractivity contribution in [1.82, 2.24) is 4.98 Å². The maximum Gasteiger partial charge on any atom is 0.231 e. The lowest BCUT2D eigenvalue weighted by molar-refractivity contribution is -0.492. The normalized spacial score (nSPS) is 13.9. The molecule has 152 valence electrons. The number of hydrogen-bond donors (Lipinski definition) is 0. The Bertz CT molecular complexity index is 1320. The molecule has 1 aliphatic rings. The van der Waals surface area contributed by atoms with Crippen molar-refractivity contribution >= 4 is 22.2 Å². The molecule has 0 radical (unpaired) electrons. The number of nitrogens with zero attached hydrogens (tertiary/aromatic N) is 4. The van der Waals surface area contributed by atoms with Gasteiger partial charge in [-0.25, -0.2) is 0 Å². The predicted octanol–water partition coefficient (Wildman–Crippen LogP) is 6.71. The lowest BCUT2D eigenvalue weighted by Crippen LogP contribution is -2.14. The van der Waals surface area contributed by atoms with Crippen molar-refractivity contribution in [3.05, 3.63) is 96.2 Å². The zero-order chi connectivity index (χ0) is 21.4. The van der Waals surface area contributed by atoms with E-state index in [1.54, 1.807) is 0 Å². The van der Waals surface area contributed by atoms with Gasteiger partial charge in [-0.15, -0.1) is 4.70 Å². The first-order chi connectivity index (χ1) is 15.0. The summed E-state index contributed by atoms with van der Waals surface area (Å²) in [6, 6.07) is 27.4. The van der Waals surface area contributed by atoms with Crippen molar-refractivity contribution in [1.29, 1.82) is 0 Å². The Morgan fingerprint density at radius 2 is 1.61 bits per heavy atom. The molecule has 1 aliphatic heterocycles. The standard InChI is InChI=1S/C27H25N4/c1-27(2,3)22-13-11-20(12-14-22)25-18-31(30-29-25)23-9-6-8-21(17-23)26-24-10-5-4-7-19(24)15-16-28-26/h4-17H,18H2,1-3H3/q+1. The summed E-state index contributed by atoms with van der Waals surface area (Å²) in [5.74, 6) is 0. The average molecular weight is 406 g/mol. The largest absolute Gasteiger partial charge is 0.256 e. The first-order valence-corrected chi connectivity index (χ1v) is 10.6. The van der Waals surface area contributed by atoms with Crippen molar-refractivity contribution in [3.8, 4) is 11.3 Å². The van der Waals surface area contributed by atoms with E-state index in [0.717, 1.165) is 33.6 Å². The van der Waals surface area contributed by atoms with E-state index >= 15 is 0 Å². The molecule has 0 aliphatic carbocycles. The van der Waals surface area contributed by atoms with Crippen molar-refractivity contribution in [2.75, 3.05) is 6.54 Å². The van der Waals surface area contributed by atoms with Crippen LogP contribution in [0.3, 0.4) is 0 Å². The maximum atomic E-state index is 4.66. The van der Waals surface area contributed by atoms with E-state index in [-0.39, 0.29) is 5.41 Å². The number of benzene rings is 3. The van der Waals surface area contributed by atoms with Crippen LogP contribution >= 0.6 is 0 Å². The smallest absolute Gasteiger partial charge is 0.231 e. The summed E-state index contributed by atoms with van der Waals surface area (Å²) in [6.07, 6.45) is 1.87. The van der Waals surface area contributed by atoms with E-state index in [1.807, 2.05) is 17.0 Å². The van der Waals surface area contributed by atoms with Crippen LogP contribution in [0.2, 0.25) is 0 Å². The van der Waals surface area contributed by atoms with Gasteiger partial charge in [0.25, 0.3) is 0 Å². The van der Waals surface area contributed by atoms with E-state index in [4.69, 9.17) is 0 Å². The van der Waals surface area contributed by atoms with E-state index in [1.165, 1.54) is 10.9 Å². The molecule has 3 aromatic carbocycles. The second-order valence-corrected chi connectivity index (χ2v) is 8.95. The molecule has 0 fully saturated rings. The fourth-order valence-electron chi connectivity index (χ4n) is 3.93. The van der Waals surface area contributed by atoms with Gasteiger partial charge in [0.2, 0.25) is 5.71 Å². The fraction of sp³-hybridized carbons (Fsp3) is 0.185. The second-order valence-electron chi connectivity index (χ2n) is 8.95. The third-order valence-corrected chi connectivity index (χ3v) is 5.75. The van der Waals surface area contributed by atoms with Crippen molar-refractivity contribution in [3.63, 3.8) is 0 Å². The molecule has 0 saturated carbocycles. The Balaban J connectivity index is 1.41. The van der Waals surface area contributed by atoms with Crippen molar-refractivity contribution in [2.24, 2.45) is 10.3 Å². The lowest BCUT2D eigenvalue weighted by atomic mass is 9.86. The van der Waals surface area contributed by atoms with Gasteiger partial charge in [-0.1, -0.05) is 81.4 Å². The minimum atomic E-state index is 0.141. The third-order valence-electron chi connectivity index (χ3n) is 5.75. The molecule has 1 aromatic heterocycles. The Morgan fingerprint density at radius 1 is 0.806 bits per heavy atom. The Hall–Kier alpha value is -3.66. The minimum absolute atomic E-state index is 0.141. The highest BCUT2D eigenvalue weighted by Crippen LogP contribution is 2.30. The first-order valence-electron chi connectivity index (χ1n) is 10.6. The maximum absolute atomic E-state index is 4.66. The molecule has 4 heteroatoms. The van der Waals surface area contributed by atoms with Crippen LogP contribution in [0.4, 0.5) is 5.69 Å². The quantitative estimate of drug-likeness (QED) is 0.349. The average Bonchev–Trinajstić information content (AvgIpc) is 3.29. The molecule has 2 heterocycles. The van der Waals surface area contributed by atoms with E-state index in [0.29, 0.717) is 6.54 Å². The summed E-state index contributed by atoms with van der Waals surface area (Å²) < 4.78 is 1.95. The molecule has 0 unspecified atom stereocenters. The monoisotopic (exact) mass is 405 g/mol. The minimum Gasteiger partial charge on any atom is -0.256 e. The number of aromatic nitrogens is 1. The molecule has 0 amide bonds. The van der Waals surface area contributed by atoms with Gasteiger partial charge in [0.05, 0.1) is 10.8 Å². The van der Waals surface area contributed by atoms with Crippen LogP contribution in [0.25, 0.3) is 22.0 Å². The highest BCUT2D eigenvalue weighted by Gasteiger charge is 2.24. The van der Waals surface area contributed by atoms with Gasteiger partial charge in [0.1, 0.15) is 5.22 Å². The molecular formula is C27H25N4+. The molecule has 0 N–H and O–H groups in total. The second kappa shape index (κ2) is 7.55. The number of pyridine rings is 1. The molecule has 0 atom stereocenters. The van der Waals surface area contributed by atoms with Crippen molar-refractivity contribution < 1.29 is 4.70 Å². The van der Waals surface area contributed by atoms with Crippen molar-refractivity contribution in [2.45, 2.75) is 26.2 Å². The summed E-state index contributed by atoms with van der Waals surface area (Å²) >= 11 is 0. The Morgan fingerprint density at radius 3 is 2.42 bits per heavy atom. The lowest BCUT2D eigenvalue weighted by Gasteiger charge is -2.18. The molecule has 5 rings (SSSR count). The summed E-state index contributed by atoms with van der Waals surface area (Å²) in [7, 11) is 0. The molecule has 0 bridgehead atoms. The topological polar surface area (TPSA) is 40.6 Å². The van der Waals surface area contributed by atoms with Crippen LogP contribution in [0.15, 0.2) is 95.4 Å². The number of hydrogen-bond acceptors (Lipinski definition) is 3. The van der Waals surface area contributed by atoms with Gasteiger partial charge in [0, 0.05) is 22.7 Å². The van der Waals surface area contributed by atoms with Gasteiger partial charge in [0.15, 0.2) is 12.2 Å². The van der Waals surface area contributed by atoms with Crippen LogP contribution in [-0.4, -0.2) is 21.9 Å². The highest BCUT2D eigenvalue weighted by atomic mass is 15.5. The molecule has 0 spiro atoms. The molecule has 31 heavy (non-hydrogen) atoms. The molecular weight excluding hydrogens is 380 g/mol. The summed E-state index contributed by atoms with van der Waals surface area (Å²) in [4.78, 5) is 4.66. The first kappa shape index (κ1) is 19.3. The Kier molecular flexibility index (Phi) is 4.70. The van der Waals surface area contributed by atoms with Gasteiger partial charge in [-0.2, -0.15) is 0 Å². The zero-order valence-electron chi connectivity index (χ0n) is 18.1. The highest BCUT2D eigenvalue weighted by molar-refractivity contribution is 6.01. The van der Waals surface area contributed by atoms with Gasteiger partial charge >= 0.3 is 0 Å². The van der Waals surface area contributed by atoms with Crippen LogP contribution in [-0.2, 0) is 5.41 Å². The predicted molar refractivity (Wildman–Crippen MR) is 126 cm³/mol. The number of fused-ring (bicyclic) bond motifs is 1. The van der Waals surface area contributed by atoms with Gasteiger partial charge in [-0.05, 0) is 34.6 Å². The van der Waals surface area contributed by atoms with Gasteiger partial charge in [-0.3, -0.25) is 4.98 Å². The van der Waals surface area contributed by atoms with Crippen LogP contribution in [0.5, 0.6) is 0 Å². The van der Waals surface area contributed by atoms with E-state index in [9.17, 15) is 0 Å². The Labute approximate surface area is 182 Å². The third kappa shape index (κ3) is 3.77. The summed E-state index contributed by atoms with van der Waals surface area (Å²) in [5.41, 5.74) is 6.63. The van der Waals surface area contributed by atoms with E-state index in [2.05, 4.69) is 109 Å².